The topological polar surface area (TPSA) is 178 Å². The Hall–Kier alpha value is -1.16. The molecule has 1 aliphatic heterocycles. The molecule has 0 saturated carbocycles. The summed E-state index contributed by atoms with van der Waals surface area (Å²) in [6.07, 6.45) is 34.2. The average molecular weight is 879 g/mol. The molecule has 13 heteroatoms. The van der Waals surface area contributed by atoms with Crippen LogP contribution in [0.5, 0.6) is 0 Å². The lowest BCUT2D eigenvalue weighted by Crippen LogP contribution is -2.60. The van der Waals surface area contributed by atoms with Gasteiger partial charge in [0.25, 0.3) is 0 Å². The first-order valence-electron chi connectivity index (χ1n) is 24.4. The second-order valence-electron chi connectivity index (χ2n) is 17.1. The second kappa shape index (κ2) is 39.4. The number of rotatable bonds is 43. The standard InChI is InChI=1S/C47H90O12S/c1-3-5-7-9-11-13-14-15-16-17-18-19-20-21-22-23-24-25-26-27-28-29-30-32-34-36-43(49)57-41(39-55-37-35-33-31-12-10-8-6-4-2)40-56-47-45(51)46(59-60(52,53)54)44(50)42(38-48)58-47/h17-18,41-42,44-48,50-51H,3-16,19-40H2,1-2H3,(H,52,53,54)/b18-17-. The third-order valence-corrected chi connectivity index (χ3v) is 11.9. The van der Waals surface area contributed by atoms with E-state index in [0.717, 1.165) is 38.5 Å². The summed E-state index contributed by atoms with van der Waals surface area (Å²) >= 11 is 0. The van der Waals surface area contributed by atoms with Crippen molar-refractivity contribution >= 4 is 16.4 Å². The minimum atomic E-state index is -5.05. The highest BCUT2D eigenvalue weighted by Crippen LogP contribution is 2.26. The molecular formula is C47H90O12S. The van der Waals surface area contributed by atoms with E-state index in [4.69, 9.17) is 23.5 Å². The molecule has 0 aromatic heterocycles. The highest BCUT2D eigenvalue weighted by atomic mass is 32.3. The molecule has 4 N–H and O–H groups in total. The summed E-state index contributed by atoms with van der Waals surface area (Å²) in [5, 5.41) is 30.6. The number of ether oxygens (including phenoxy) is 4. The zero-order valence-electron chi connectivity index (χ0n) is 38.0. The molecule has 0 bridgehead atoms. The largest absolute Gasteiger partial charge is 0.457 e. The second-order valence-corrected chi connectivity index (χ2v) is 18.1. The Balaban J connectivity index is 2.25. The van der Waals surface area contributed by atoms with Crippen LogP contribution in [0.4, 0.5) is 0 Å². The van der Waals surface area contributed by atoms with Gasteiger partial charge < -0.3 is 34.3 Å². The van der Waals surface area contributed by atoms with Gasteiger partial charge in [-0.1, -0.05) is 187 Å². The molecule has 356 valence electrons. The van der Waals surface area contributed by atoms with E-state index < -0.39 is 59.8 Å². The summed E-state index contributed by atoms with van der Waals surface area (Å²) in [7, 11) is -5.05. The zero-order chi connectivity index (χ0) is 43.9. The minimum Gasteiger partial charge on any atom is -0.457 e. The number of allylic oxidation sites excluding steroid dienone is 2. The van der Waals surface area contributed by atoms with Crippen molar-refractivity contribution in [1.29, 1.82) is 0 Å². The maximum atomic E-state index is 12.8. The minimum absolute atomic E-state index is 0.0408. The molecule has 6 atom stereocenters. The van der Waals surface area contributed by atoms with E-state index in [0.29, 0.717) is 13.0 Å². The van der Waals surface area contributed by atoms with Crippen molar-refractivity contribution in [3.63, 3.8) is 0 Å². The Morgan fingerprint density at radius 2 is 1.05 bits per heavy atom. The van der Waals surface area contributed by atoms with E-state index in [-0.39, 0.29) is 19.6 Å². The van der Waals surface area contributed by atoms with Gasteiger partial charge in [0.15, 0.2) is 6.29 Å². The lowest BCUT2D eigenvalue weighted by Gasteiger charge is -2.41. The van der Waals surface area contributed by atoms with Crippen LogP contribution in [-0.4, -0.2) is 97.5 Å². The number of esters is 1. The normalized spacial score (nSPS) is 20.3. The van der Waals surface area contributed by atoms with E-state index in [1.54, 1.807) is 0 Å². The van der Waals surface area contributed by atoms with Crippen molar-refractivity contribution in [2.75, 3.05) is 26.4 Å². The third-order valence-electron chi connectivity index (χ3n) is 11.4. The molecule has 0 aromatic rings. The fourth-order valence-electron chi connectivity index (χ4n) is 7.67. The van der Waals surface area contributed by atoms with Gasteiger partial charge in [-0.3, -0.25) is 9.35 Å². The highest BCUT2D eigenvalue weighted by molar-refractivity contribution is 7.80. The predicted molar refractivity (Wildman–Crippen MR) is 239 cm³/mol. The van der Waals surface area contributed by atoms with Gasteiger partial charge in [0.2, 0.25) is 0 Å². The van der Waals surface area contributed by atoms with Crippen LogP contribution in [0.3, 0.4) is 0 Å². The highest BCUT2D eigenvalue weighted by Gasteiger charge is 2.48. The van der Waals surface area contributed by atoms with Gasteiger partial charge in [-0.2, -0.15) is 8.42 Å². The van der Waals surface area contributed by atoms with Crippen molar-refractivity contribution in [2.24, 2.45) is 0 Å². The fraction of sp³-hybridized carbons (Fsp3) is 0.936. The molecule has 12 nitrogen and oxygen atoms in total. The van der Waals surface area contributed by atoms with Gasteiger partial charge in [0.05, 0.1) is 19.8 Å². The van der Waals surface area contributed by atoms with Crippen molar-refractivity contribution in [3.05, 3.63) is 12.2 Å². The molecule has 1 fully saturated rings. The van der Waals surface area contributed by atoms with E-state index in [9.17, 15) is 28.5 Å². The van der Waals surface area contributed by atoms with E-state index in [1.807, 2.05) is 0 Å². The van der Waals surface area contributed by atoms with Crippen LogP contribution in [0.15, 0.2) is 12.2 Å². The molecule has 0 aromatic carbocycles. The van der Waals surface area contributed by atoms with Gasteiger partial charge in [0.1, 0.15) is 30.5 Å². The number of unbranched alkanes of at least 4 members (excludes halogenated alkanes) is 28. The Bertz CT molecular complexity index is 1110. The van der Waals surface area contributed by atoms with E-state index in [2.05, 4.69) is 30.2 Å². The van der Waals surface area contributed by atoms with Crippen LogP contribution >= 0.6 is 0 Å². The number of hydrogen-bond acceptors (Lipinski definition) is 11. The molecule has 1 heterocycles. The summed E-state index contributed by atoms with van der Waals surface area (Å²) in [6.45, 7) is 3.99. The molecule has 60 heavy (non-hydrogen) atoms. The summed E-state index contributed by atoms with van der Waals surface area (Å²) in [5.74, 6) is -0.397. The number of aliphatic hydroxyl groups excluding tert-OH is 3. The Labute approximate surface area is 366 Å². The Kier molecular flexibility index (Phi) is 37.4. The van der Waals surface area contributed by atoms with Gasteiger partial charge in [-0.15, -0.1) is 0 Å². The molecule has 1 aliphatic rings. The molecule has 0 aliphatic carbocycles. The molecule has 6 unspecified atom stereocenters. The number of carbonyl (C=O) groups is 1. The third kappa shape index (κ3) is 32.5. The molecule has 0 spiro atoms. The lowest BCUT2D eigenvalue weighted by atomic mass is 9.99. The first-order chi connectivity index (χ1) is 29.1. The monoisotopic (exact) mass is 879 g/mol. The Morgan fingerprint density at radius 1 is 0.617 bits per heavy atom. The first-order valence-corrected chi connectivity index (χ1v) is 25.8. The maximum Gasteiger partial charge on any atom is 0.397 e. The van der Waals surface area contributed by atoms with Crippen molar-refractivity contribution in [3.8, 4) is 0 Å². The fourth-order valence-corrected chi connectivity index (χ4v) is 8.18. The molecule has 0 amide bonds. The smallest absolute Gasteiger partial charge is 0.397 e. The SMILES string of the molecule is CCCCCCCCCC/C=C\CCCCCCCCCCCCCCCC(=O)OC(COCCCCCCCCCC)COC1OC(CO)C(O)C(OS(=O)(=O)O)C1O. The van der Waals surface area contributed by atoms with Crippen LogP contribution in [0.2, 0.25) is 0 Å². The lowest BCUT2D eigenvalue weighted by molar-refractivity contribution is -0.301. The molecule has 0 radical (unpaired) electrons. The van der Waals surface area contributed by atoms with Crippen LogP contribution in [-0.2, 0) is 38.3 Å². The van der Waals surface area contributed by atoms with Crippen LogP contribution in [0.1, 0.15) is 219 Å². The van der Waals surface area contributed by atoms with Crippen LogP contribution in [0.25, 0.3) is 0 Å². The van der Waals surface area contributed by atoms with Gasteiger partial charge in [-0.25, -0.2) is 4.18 Å². The summed E-state index contributed by atoms with van der Waals surface area (Å²) in [4.78, 5) is 12.8. The van der Waals surface area contributed by atoms with E-state index >= 15 is 0 Å². The zero-order valence-corrected chi connectivity index (χ0v) is 38.9. The summed E-state index contributed by atoms with van der Waals surface area (Å²) in [6, 6.07) is 0. The summed E-state index contributed by atoms with van der Waals surface area (Å²) < 4.78 is 58.9. The van der Waals surface area contributed by atoms with Crippen molar-refractivity contribution in [2.45, 2.75) is 256 Å². The molecule has 1 saturated heterocycles. The van der Waals surface area contributed by atoms with E-state index in [1.165, 1.54) is 154 Å². The van der Waals surface area contributed by atoms with Crippen LogP contribution in [0, 0.1) is 0 Å². The van der Waals surface area contributed by atoms with Crippen LogP contribution < -0.4 is 0 Å². The predicted octanol–water partition coefficient (Wildman–Crippen LogP) is 10.6. The maximum absolute atomic E-state index is 12.8. The Morgan fingerprint density at radius 3 is 1.50 bits per heavy atom. The quantitative estimate of drug-likeness (QED) is 0.0197. The van der Waals surface area contributed by atoms with Gasteiger partial charge >= 0.3 is 16.4 Å². The first kappa shape index (κ1) is 56.9. The number of hydrogen-bond donors (Lipinski definition) is 4. The number of carbonyl (C=O) groups excluding carboxylic acids is 1. The van der Waals surface area contributed by atoms with Gasteiger partial charge in [0, 0.05) is 13.0 Å². The summed E-state index contributed by atoms with van der Waals surface area (Å²) in [5.41, 5.74) is 0. The van der Waals surface area contributed by atoms with Crippen molar-refractivity contribution in [1.82, 2.24) is 0 Å². The number of aliphatic hydroxyl groups is 3. The van der Waals surface area contributed by atoms with Crippen molar-refractivity contribution < 1.29 is 56.2 Å². The molecule has 1 rings (SSSR count). The molecular weight excluding hydrogens is 789 g/mol. The van der Waals surface area contributed by atoms with Gasteiger partial charge in [-0.05, 0) is 38.5 Å². The average Bonchev–Trinajstić information content (AvgIpc) is 3.22.